The Morgan fingerprint density at radius 2 is 1.96 bits per heavy atom. The fraction of sp³-hybridized carbons (Fsp3) is 0.263. The molecule has 1 fully saturated rings. The minimum absolute atomic E-state index is 0.133. The van der Waals surface area contributed by atoms with Crippen LogP contribution in [-0.4, -0.2) is 23.8 Å². The summed E-state index contributed by atoms with van der Waals surface area (Å²) in [5.74, 6) is -1.36. The van der Waals surface area contributed by atoms with E-state index in [4.69, 9.17) is 5.73 Å². The molecule has 0 aromatic heterocycles. The third-order valence-electron chi connectivity index (χ3n) is 4.55. The van der Waals surface area contributed by atoms with Gasteiger partial charge in [0.2, 0.25) is 11.8 Å². The number of carbonyl (C=O) groups is 2. The Balaban J connectivity index is 1.78. The van der Waals surface area contributed by atoms with Gasteiger partial charge in [0, 0.05) is 17.4 Å². The molecule has 2 aromatic carbocycles. The van der Waals surface area contributed by atoms with E-state index in [0.29, 0.717) is 5.56 Å². The van der Waals surface area contributed by atoms with Crippen LogP contribution < -0.4 is 5.73 Å². The molecule has 0 aliphatic heterocycles. The van der Waals surface area contributed by atoms with Crippen LogP contribution in [0.2, 0.25) is 0 Å². The van der Waals surface area contributed by atoms with E-state index >= 15 is 0 Å². The minimum Gasteiger partial charge on any atom is -0.368 e. The van der Waals surface area contributed by atoms with Gasteiger partial charge < -0.3 is 10.6 Å². The predicted octanol–water partition coefficient (Wildman–Crippen LogP) is 3.38. The lowest BCUT2D eigenvalue weighted by atomic mass is 10.0. The molecule has 2 N–H and O–H groups in total. The first kappa shape index (κ1) is 17.6. The maximum Gasteiger partial charge on any atom is 0.244 e. The van der Waals surface area contributed by atoms with E-state index in [9.17, 15) is 14.0 Å². The normalized spacial score (nSPS) is 20.0. The molecule has 3 rings (SSSR count). The van der Waals surface area contributed by atoms with Crippen LogP contribution in [0.3, 0.4) is 0 Å². The lowest BCUT2D eigenvalue weighted by molar-refractivity contribution is -0.139. The Morgan fingerprint density at radius 3 is 2.60 bits per heavy atom. The molecule has 0 heterocycles. The fourth-order valence-corrected chi connectivity index (χ4v) is 3.63. The highest BCUT2D eigenvalue weighted by molar-refractivity contribution is 9.10. The second kappa shape index (κ2) is 6.96. The van der Waals surface area contributed by atoms with Crippen LogP contribution >= 0.6 is 15.9 Å². The van der Waals surface area contributed by atoms with E-state index in [2.05, 4.69) is 15.9 Å². The van der Waals surface area contributed by atoms with Crippen molar-refractivity contribution in [2.75, 3.05) is 7.05 Å². The molecule has 2 aromatic rings. The van der Waals surface area contributed by atoms with E-state index in [0.717, 1.165) is 16.5 Å². The van der Waals surface area contributed by atoms with Gasteiger partial charge in [0.25, 0.3) is 0 Å². The largest absolute Gasteiger partial charge is 0.368 e. The topological polar surface area (TPSA) is 63.4 Å². The fourth-order valence-electron chi connectivity index (χ4n) is 3.22. The molecular formula is C19H18BrFN2O2. The third-order valence-corrected chi connectivity index (χ3v) is 5.05. The van der Waals surface area contributed by atoms with Crippen LogP contribution in [-0.2, 0) is 9.59 Å². The molecule has 3 unspecified atom stereocenters. The highest BCUT2D eigenvalue weighted by Crippen LogP contribution is 2.49. The van der Waals surface area contributed by atoms with Gasteiger partial charge in [0.05, 0.1) is 0 Å². The molecule has 1 aliphatic rings. The van der Waals surface area contributed by atoms with Gasteiger partial charge in [-0.1, -0.05) is 40.2 Å². The summed E-state index contributed by atoms with van der Waals surface area (Å²) in [5.41, 5.74) is 6.95. The van der Waals surface area contributed by atoms with Crippen LogP contribution in [0.4, 0.5) is 4.39 Å². The molecule has 0 spiro atoms. The summed E-state index contributed by atoms with van der Waals surface area (Å²) in [6.07, 6.45) is 0.730. The van der Waals surface area contributed by atoms with Gasteiger partial charge in [-0.25, -0.2) is 4.39 Å². The van der Waals surface area contributed by atoms with Crippen LogP contribution in [0.5, 0.6) is 0 Å². The van der Waals surface area contributed by atoms with Crippen molar-refractivity contribution in [3.05, 3.63) is 69.9 Å². The molecule has 4 nitrogen and oxygen atoms in total. The second-order valence-electron chi connectivity index (χ2n) is 6.31. The van der Waals surface area contributed by atoms with Crippen LogP contribution in [0.1, 0.15) is 29.5 Å². The van der Waals surface area contributed by atoms with E-state index < -0.39 is 17.8 Å². The van der Waals surface area contributed by atoms with Crippen molar-refractivity contribution in [1.82, 2.24) is 4.90 Å². The molecule has 130 valence electrons. The summed E-state index contributed by atoms with van der Waals surface area (Å²) >= 11 is 3.43. The molecule has 0 radical (unpaired) electrons. The van der Waals surface area contributed by atoms with Gasteiger partial charge in [-0.05, 0) is 47.7 Å². The lowest BCUT2D eigenvalue weighted by Gasteiger charge is -2.26. The van der Waals surface area contributed by atoms with Crippen molar-refractivity contribution in [3.63, 3.8) is 0 Å². The van der Waals surface area contributed by atoms with Crippen molar-refractivity contribution in [2.24, 2.45) is 11.7 Å². The van der Waals surface area contributed by atoms with Gasteiger partial charge in [0.15, 0.2) is 0 Å². The quantitative estimate of drug-likeness (QED) is 0.829. The summed E-state index contributed by atoms with van der Waals surface area (Å²) in [7, 11) is 1.54. The Morgan fingerprint density at radius 1 is 1.24 bits per heavy atom. The highest BCUT2D eigenvalue weighted by atomic mass is 79.9. The molecule has 1 aliphatic carbocycles. The minimum atomic E-state index is -0.980. The van der Waals surface area contributed by atoms with E-state index in [1.54, 1.807) is 13.1 Å². The van der Waals surface area contributed by atoms with Gasteiger partial charge >= 0.3 is 0 Å². The second-order valence-corrected chi connectivity index (χ2v) is 7.23. The summed E-state index contributed by atoms with van der Waals surface area (Å²) < 4.78 is 14.5. The molecule has 0 saturated heterocycles. The van der Waals surface area contributed by atoms with Crippen molar-refractivity contribution < 1.29 is 14.0 Å². The Kier molecular flexibility index (Phi) is 4.90. The van der Waals surface area contributed by atoms with Gasteiger partial charge in [-0.2, -0.15) is 0 Å². The van der Waals surface area contributed by atoms with E-state index in [-0.39, 0.29) is 17.7 Å². The average molecular weight is 405 g/mol. The molecule has 2 amide bonds. The smallest absolute Gasteiger partial charge is 0.244 e. The number of primary amides is 1. The van der Waals surface area contributed by atoms with Crippen LogP contribution in [0, 0.1) is 11.7 Å². The zero-order valence-electron chi connectivity index (χ0n) is 13.7. The number of nitrogens with zero attached hydrogens (tertiary/aromatic N) is 1. The Bertz CT molecular complexity index is 827. The summed E-state index contributed by atoms with van der Waals surface area (Å²) in [6, 6.07) is 12.5. The first-order valence-electron chi connectivity index (χ1n) is 7.95. The van der Waals surface area contributed by atoms with Crippen molar-refractivity contribution in [1.29, 1.82) is 0 Å². The predicted molar refractivity (Wildman–Crippen MR) is 96.1 cm³/mol. The molecular weight excluding hydrogens is 387 g/mol. The Hall–Kier alpha value is -2.21. The van der Waals surface area contributed by atoms with E-state index in [1.807, 2.05) is 24.3 Å². The third kappa shape index (κ3) is 3.74. The van der Waals surface area contributed by atoms with Gasteiger partial charge in [0.1, 0.15) is 11.9 Å². The number of nitrogens with two attached hydrogens (primary N) is 1. The Labute approximate surface area is 153 Å². The van der Waals surface area contributed by atoms with Crippen molar-refractivity contribution in [2.45, 2.75) is 18.4 Å². The van der Waals surface area contributed by atoms with Gasteiger partial charge in [-0.15, -0.1) is 0 Å². The highest BCUT2D eigenvalue weighted by Gasteiger charge is 2.46. The van der Waals surface area contributed by atoms with Crippen molar-refractivity contribution in [3.8, 4) is 0 Å². The molecule has 1 saturated carbocycles. The number of hydrogen-bond acceptors (Lipinski definition) is 2. The first-order chi connectivity index (χ1) is 11.9. The summed E-state index contributed by atoms with van der Waals surface area (Å²) in [5, 5.41) is 0. The standard InChI is InChI=1S/C19H18BrFN2O2/c1-23(17(18(22)24)12-5-3-7-14(21)9-12)19(25)16-10-15(16)11-4-2-6-13(20)8-11/h2-9,15-17H,10H2,1H3,(H2,22,24). The number of carbonyl (C=O) groups excluding carboxylic acids is 2. The summed E-state index contributed by atoms with van der Waals surface area (Å²) in [4.78, 5) is 26.0. The lowest BCUT2D eigenvalue weighted by Crippen LogP contribution is -2.40. The number of likely N-dealkylation sites (N-methyl/N-ethyl adjacent to an activating group) is 1. The number of benzene rings is 2. The van der Waals surface area contributed by atoms with Crippen LogP contribution in [0.25, 0.3) is 0 Å². The molecule has 6 heteroatoms. The SMILES string of the molecule is CN(C(=O)C1CC1c1cccc(Br)c1)C(C(N)=O)c1cccc(F)c1. The monoisotopic (exact) mass is 404 g/mol. The summed E-state index contributed by atoms with van der Waals surface area (Å²) in [6.45, 7) is 0. The zero-order valence-corrected chi connectivity index (χ0v) is 15.2. The van der Waals surface area contributed by atoms with Crippen molar-refractivity contribution >= 4 is 27.7 Å². The van der Waals surface area contributed by atoms with E-state index in [1.165, 1.54) is 23.1 Å². The molecule has 0 bridgehead atoms. The number of amides is 2. The molecule has 25 heavy (non-hydrogen) atoms. The number of rotatable bonds is 5. The maximum absolute atomic E-state index is 13.5. The average Bonchev–Trinajstić information content (AvgIpc) is 3.34. The number of halogens is 2. The maximum atomic E-state index is 13.5. The first-order valence-corrected chi connectivity index (χ1v) is 8.74. The number of hydrogen-bond donors (Lipinski definition) is 1. The molecule has 3 atom stereocenters. The zero-order chi connectivity index (χ0) is 18.1. The van der Waals surface area contributed by atoms with Gasteiger partial charge in [-0.3, -0.25) is 9.59 Å². The van der Waals surface area contributed by atoms with Crippen LogP contribution in [0.15, 0.2) is 53.0 Å².